The monoisotopic (exact) mass is 309 g/mol. The number of carbonyl (C=O) groups is 1. The van der Waals surface area contributed by atoms with Crippen molar-refractivity contribution in [1.82, 2.24) is 5.32 Å². The van der Waals surface area contributed by atoms with E-state index in [9.17, 15) is 9.90 Å². The maximum Gasteiger partial charge on any atom is 0.327 e. The third-order valence-electron chi connectivity index (χ3n) is 3.51. The van der Waals surface area contributed by atoms with Crippen LogP contribution in [0.15, 0.2) is 24.3 Å². The van der Waals surface area contributed by atoms with Crippen molar-refractivity contribution in [3.63, 3.8) is 0 Å². The summed E-state index contributed by atoms with van der Waals surface area (Å²) in [6.07, 6.45) is 2.78. The molecule has 2 N–H and O–H groups in total. The quantitative estimate of drug-likeness (QED) is 0.513. The highest BCUT2D eigenvalue weighted by Crippen LogP contribution is 2.21. The van der Waals surface area contributed by atoms with Gasteiger partial charge < -0.3 is 14.6 Å². The summed E-state index contributed by atoms with van der Waals surface area (Å²) in [5.41, 5.74) is 0.771. The molecular formula is C17H27NO4. The van der Waals surface area contributed by atoms with Crippen LogP contribution >= 0.6 is 0 Å². The van der Waals surface area contributed by atoms with E-state index in [0.29, 0.717) is 6.61 Å². The van der Waals surface area contributed by atoms with Gasteiger partial charge in [0.2, 0.25) is 0 Å². The maximum atomic E-state index is 12.0. The van der Waals surface area contributed by atoms with Gasteiger partial charge >= 0.3 is 5.97 Å². The lowest BCUT2D eigenvalue weighted by atomic mass is 10.0. The molecule has 0 aliphatic carbocycles. The average molecular weight is 309 g/mol. The molecule has 1 rings (SSSR count). The van der Waals surface area contributed by atoms with Crippen LogP contribution in [0.5, 0.6) is 5.75 Å². The van der Waals surface area contributed by atoms with Crippen molar-refractivity contribution in [2.75, 3.05) is 20.3 Å². The molecule has 0 bridgehead atoms. The van der Waals surface area contributed by atoms with Crippen LogP contribution < -0.4 is 10.1 Å². The molecule has 1 aromatic rings. The van der Waals surface area contributed by atoms with Gasteiger partial charge in [-0.05, 0) is 30.5 Å². The number of aliphatic hydroxyl groups excluding tert-OH is 1. The zero-order chi connectivity index (χ0) is 16.4. The number of rotatable bonds is 10. The molecule has 0 radical (unpaired) electrons. The van der Waals surface area contributed by atoms with Gasteiger partial charge in [-0.15, -0.1) is 0 Å². The summed E-state index contributed by atoms with van der Waals surface area (Å²) in [6.45, 7) is 4.68. The van der Waals surface area contributed by atoms with Crippen molar-refractivity contribution in [3.05, 3.63) is 29.8 Å². The summed E-state index contributed by atoms with van der Waals surface area (Å²) in [4.78, 5) is 12.0. The van der Waals surface area contributed by atoms with Gasteiger partial charge in [0.1, 0.15) is 11.8 Å². The molecule has 5 heteroatoms. The number of esters is 1. The Morgan fingerprint density at radius 3 is 2.73 bits per heavy atom. The minimum Gasteiger partial charge on any atom is -0.494 e. The molecule has 0 saturated carbocycles. The van der Waals surface area contributed by atoms with Crippen molar-refractivity contribution in [3.8, 4) is 5.75 Å². The first-order valence-electron chi connectivity index (χ1n) is 7.83. The Kier molecular flexibility index (Phi) is 8.55. The Hall–Kier alpha value is -1.59. The molecule has 0 aliphatic heterocycles. The van der Waals surface area contributed by atoms with E-state index in [1.165, 1.54) is 7.11 Å². The number of methoxy groups -OCH3 is 1. The largest absolute Gasteiger partial charge is 0.494 e. The minimum atomic E-state index is -0.614. The number of hydrogen-bond acceptors (Lipinski definition) is 5. The molecule has 5 nitrogen and oxygen atoms in total. The fraction of sp³-hybridized carbons (Fsp3) is 0.588. The van der Waals surface area contributed by atoms with Crippen molar-refractivity contribution >= 4 is 5.97 Å². The smallest absolute Gasteiger partial charge is 0.327 e. The highest BCUT2D eigenvalue weighted by molar-refractivity contribution is 5.77. The standard InChI is InChI=1S/C17H27NO4/c1-4-6-10-22-15-9-7-8-13(11-15)16(17(20)21-3)18-14(5-2)12-19/h7-9,11,14,16,18-19H,4-6,10,12H2,1-3H3. The third-order valence-corrected chi connectivity index (χ3v) is 3.51. The Morgan fingerprint density at radius 2 is 2.14 bits per heavy atom. The third kappa shape index (κ3) is 5.66. The molecule has 0 amide bonds. The van der Waals surface area contributed by atoms with E-state index < -0.39 is 6.04 Å². The topological polar surface area (TPSA) is 67.8 Å². The van der Waals surface area contributed by atoms with Crippen LogP contribution in [-0.4, -0.2) is 37.4 Å². The summed E-state index contributed by atoms with van der Waals surface area (Å²) >= 11 is 0. The van der Waals surface area contributed by atoms with E-state index in [2.05, 4.69) is 12.2 Å². The van der Waals surface area contributed by atoms with Crippen molar-refractivity contribution in [1.29, 1.82) is 0 Å². The zero-order valence-electron chi connectivity index (χ0n) is 13.7. The van der Waals surface area contributed by atoms with Gasteiger partial charge in [0.25, 0.3) is 0 Å². The maximum absolute atomic E-state index is 12.0. The molecule has 0 fully saturated rings. The normalized spacial score (nSPS) is 13.5. The van der Waals surface area contributed by atoms with E-state index in [0.717, 1.165) is 30.6 Å². The predicted octanol–water partition coefficient (Wildman–Crippen LogP) is 2.44. The molecule has 0 heterocycles. The molecule has 0 aliphatic rings. The van der Waals surface area contributed by atoms with Crippen LogP contribution in [0, 0.1) is 0 Å². The molecule has 124 valence electrons. The molecule has 0 spiro atoms. The van der Waals surface area contributed by atoms with Gasteiger partial charge in [0.05, 0.1) is 20.3 Å². The van der Waals surface area contributed by atoms with E-state index in [4.69, 9.17) is 9.47 Å². The molecule has 0 saturated heterocycles. The van der Waals surface area contributed by atoms with Crippen molar-refractivity contribution < 1.29 is 19.4 Å². The second-order valence-corrected chi connectivity index (χ2v) is 5.19. The Bertz CT molecular complexity index is 446. The van der Waals surface area contributed by atoms with Crippen molar-refractivity contribution in [2.45, 2.75) is 45.2 Å². The fourth-order valence-corrected chi connectivity index (χ4v) is 2.07. The van der Waals surface area contributed by atoms with Crippen LogP contribution in [0.25, 0.3) is 0 Å². The highest BCUT2D eigenvalue weighted by atomic mass is 16.5. The van der Waals surface area contributed by atoms with Gasteiger partial charge in [0.15, 0.2) is 0 Å². The number of nitrogens with one attached hydrogen (secondary N) is 1. The van der Waals surface area contributed by atoms with E-state index in [-0.39, 0.29) is 18.6 Å². The van der Waals surface area contributed by atoms with E-state index >= 15 is 0 Å². The second kappa shape index (κ2) is 10.2. The second-order valence-electron chi connectivity index (χ2n) is 5.19. The molecule has 22 heavy (non-hydrogen) atoms. The number of aliphatic hydroxyl groups is 1. The first-order valence-corrected chi connectivity index (χ1v) is 7.83. The molecule has 2 atom stereocenters. The van der Waals surface area contributed by atoms with Gasteiger partial charge in [-0.1, -0.05) is 32.4 Å². The van der Waals surface area contributed by atoms with Crippen molar-refractivity contribution in [2.24, 2.45) is 0 Å². The molecule has 2 unspecified atom stereocenters. The number of hydrogen-bond donors (Lipinski definition) is 2. The SMILES string of the molecule is CCCCOc1cccc(C(NC(CC)CO)C(=O)OC)c1. The van der Waals surface area contributed by atoms with Crippen LogP contribution in [0.1, 0.15) is 44.7 Å². The molecular weight excluding hydrogens is 282 g/mol. The lowest BCUT2D eigenvalue weighted by Gasteiger charge is -2.22. The first-order chi connectivity index (χ1) is 10.7. The predicted molar refractivity (Wildman–Crippen MR) is 85.9 cm³/mol. The summed E-state index contributed by atoms with van der Waals surface area (Å²) in [7, 11) is 1.36. The Labute approximate surface area is 132 Å². The molecule has 0 aromatic heterocycles. The average Bonchev–Trinajstić information content (AvgIpc) is 2.56. The summed E-state index contributed by atoms with van der Waals surface area (Å²) < 4.78 is 10.6. The van der Waals surface area contributed by atoms with E-state index in [1.54, 1.807) is 0 Å². The first kappa shape index (κ1) is 18.5. The van der Waals surface area contributed by atoms with E-state index in [1.807, 2.05) is 31.2 Å². The number of unbranched alkanes of at least 4 members (excludes halogenated alkanes) is 1. The number of benzene rings is 1. The summed E-state index contributed by atoms with van der Waals surface area (Å²) in [6, 6.07) is 6.65. The van der Waals surface area contributed by atoms with Crippen LogP contribution in [-0.2, 0) is 9.53 Å². The van der Waals surface area contributed by atoms with Gasteiger partial charge in [-0.3, -0.25) is 5.32 Å². The Balaban J connectivity index is 2.89. The zero-order valence-corrected chi connectivity index (χ0v) is 13.7. The van der Waals surface area contributed by atoms with Crippen LogP contribution in [0.4, 0.5) is 0 Å². The summed E-state index contributed by atoms with van der Waals surface area (Å²) in [5, 5.41) is 12.5. The van der Waals surface area contributed by atoms with Crippen LogP contribution in [0.3, 0.4) is 0 Å². The lowest BCUT2D eigenvalue weighted by Crippen LogP contribution is -2.39. The van der Waals surface area contributed by atoms with Gasteiger partial charge in [0, 0.05) is 6.04 Å². The highest BCUT2D eigenvalue weighted by Gasteiger charge is 2.24. The van der Waals surface area contributed by atoms with Crippen LogP contribution in [0.2, 0.25) is 0 Å². The number of ether oxygens (including phenoxy) is 2. The fourth-order valence-electron chi connectivity index (χ4n) is 2.07. The summed E-state index contributed by atoms with van der Waals surface area (Å²) in [5.74, 6) is 0.358. The molecule has 1 aromatic carbocycles. The van der Waals surface area contributed by atoms with Gasteiger partial charge in [-0.25, -0.2) is 4.79 Å². The Morgan fingerprint density at radius 1 is 1.36 bits per heavy atom. The lowest BCUT2D eigenvalue weighted by molar-refractivity contribution is -0.143. The number of carbonyl (C=O) groups excluding carboxylic acids is 1. The van der Waals surface area contributed by atoms with Gasteiger partial charge in [-0.2, -0.15) is 0 Å². The minimum absolute atomic E-state index is 0.0311.